The smallest absolute Gasteiger partial charge is 0.312 e. The Kier molecular flexibility index (Phi) is 6.69. The predicted octanol–water partition coefficient (Wildman–Crippen LogP) is 1.10. The lowest BCUT2D eigenvalue weighted by molar-refractivity contribution is -0.386. The summed E-state index contributed by atoms with van der Waals surface area (Å²) in [5, 5.41) is 19.6. The molecule has 0 radical (unpaired) electrons. The standard InChI is InChI=1S/C19H29N7O5S/c1-6-23-12-17(14(3)20-23)32(30,31)24-9-7-22(8-10-24)19(27)13(2)11-25-16(5)18(26(28)29)15(4)21-25/h12-13H,6-11H2,1-5H3. The summed E-state index contributed by atoms with van der Waals surface area (Å²) < 4.78 is 30.5. The molecule has 0 N–H and O–H groups in total. The van der Waals surface area contributed by atoms with E-state index in [1.54, 1.807) is 37.3 Å². The number of rotatable bonds is 7. The second-order valence-corrected chi connectivity index (χ2v) is 9.93. The van der Waals surface area contributed by atoms with E-state index in [1.165, 1.54) is 15.2 Å². The Balaban J connectivity index is 1.64. The topological polar surface area (TPSA) is 136 Å². The second-order valence-electron chi connectivity index (χ2n) is 8.02. The van der Waals surface area contributed by atoms with Crippen LogP contribution in [0.3, 0.4) is 0 Å². The molecule has 0 spiro atoms. The van der Waals surface area contributed by atoms with E-state index in [9.17, 15) is 23.3 Å². The van der Waals surface area contributed by atoms with Crippen LogP contribution in [0.1, 0.15) is 30.9 Å². The highest BCUT2D eigenvalue weighted by Crippen LogP contribution is 2.24. The number of hydrogen-bond donors (Lipinski definition) is 0. The molecule has 2 aromatic heterocycles. The van der Waals surface area contributed by atoms with Gasteiger partial charge < -0.3 is 4.90 Å². The van der Waals surface area contributed by atoms with E-state index in [4.69, 9.17) is 0 Å². The molecule has 12 nitrogen and oxygen atoms in total. The predicted molar refractivity (Wildman–Crippen MR) is 115 cm³/mol. The summed E-state index contributed by atoms with van der Waals surface area (Å²) in [6.45, 7) is 10.2. The largest absolute Gasteiger partial charge is 0.340 e. The molecule has 1 unspecified atom stereocenters. The van der Waals surface area contributed by atoms with Gasteiger partial charge in [-0.05, 0) is 27.7 Å². The van der Waals surface area contributed by atoms with E-state index in [0.717, 1.165) is 0 Å². The molecular formula is C19H29N7O5S. The van der Waals surface area contributed by atoms with E-state index in [-0.39, 0.29) is 49.2 Å². The van der Waals surface area contributed by atoms with Crippen molar-refractivity contribution in [1.29, 1.82) is 0 Å². The van der Waals surface area contributed by atoms with Crippen molar-refractivity contribution in [3.05, 3.63) is 33.4 Å². The first-order valence-corrected chi connectivity index (χ1v) is 11.9. The van der Waals surface area contributed by atoms with Crippen molar-refractivity contribution in [1.82, 2.24) is 28.8 Å². The summed E-state index contributed by atoms with van der Waals surface area (Å²) in [4.78, 5) is 25.5. The minimum absolute atomic E-state index is 0.0369. The Bertz CT molecular complexity index is 1130. The average molecular weight is 468 g/mol. The van der Waals surface area contributed by atoms with Crippen molar-refractivity contribution in [2.24, 2.45) is 5.92 Å². The maximum Gasteiger partial charge on any atom is 0.312 e. The van der Waals surface area contributed by atoms with Crippen molar-refractivity contribution < 1.29 is 18.1 Å². The zero-order chi connectivity index (χ0) is 23.8. The lowest BCUT2D eigenvalue weighted by Gasteiger charge is -2.35. The molecule has 1 aliphatic heterocycles. The number of nitrogens with zero attached hydrogens (tertiary/aromatic N) is 7. The molecule has 1 fully saturated rings. The molecule has 176 valence electrons. The van der Waals surface area contributed by atoms with Crippen LogP contribution in [0.15, 0.2) is 11.1 Å². The van der Waals surface area contributed by atoms with Gasteiger partial charge in [-0.25, -0.2) is 8.42 Å². The third-order valence-electron chi connectivity index (χ3n) is 5.79. The minimum atomic E-state index is -3.68. The fourth-order valence-electron chi connectivity index (χ4n) is 3.98. The molecule has 0 aromatic carbocycles. The molecule has 0 saturated carbocycles. The lowest BCUT2D eigenvalue weighted by atomic mass is 10.1. The first kappa shape index (κ1) is 23.9. The van der Waals surface area contributed by atoms with E-state index in [2.05, 4.69) is 10.2 Å². The maximum absolute atomic E-state index is 13.0. The molecule has 3 heterocycles. The first-order chi connectivity index (χ1) is 15.0. The highest BCUT2D eigenvalue weighted by atomic mass is 32.2. The number of sulfonamides is 1. The van der Waals surface area contributed by atoms with Gasteiger partial charge >= 0.3 is 5.69 Å². The normalized spacial score (nSPS) is 16.3. The van der Waals surface area contributed by atoms with Crippen LogP contribution < -0.4 is 0 Å². The van der Waals surface area contributed by atoms with Gasteiger partial charge in [0.2, 0.25) is 15.9 Å². The average Bonchev–Trinajstić information content (AvgIpc) is 3.26. The Morgan fingerprint density at radius 3 is 2.28 bits per heavy atom. The van der Waals surface area contributed by atoms with Gasteiger partial charge in [-0.1, -0.05) is 6.92 Å². The van der Waals surface area contributed by atoms with Gasteiger partial charge in [-0.15, -0.1) is 0 Å². The fourth-order valence-corrected chi connectivity index (χ4v) is 5.57. The number of amides is 1. The van der Waals surface area contributed by atoms with Crippen LogP contribution in [0.25, 0.3) is 0 Å². The van der Waals surface area contributed by atoms with Crippen LogP contribution in [0.4, 0.5) is 5.69 Å². The molecule has 1 atom stereocenters. The highest BCUT2D eigenvalue weighted by Gasteiger charge is 2.34. The van der Waals surface area contributed by atoms with Crippen LogP contribution in [-0.2, 0) is 27.9 Å². The summed E-state index contributed by atoms with van der Waals surface area (Å²) in [6.07, 6.45) is 1.54. The van der Waals surface area contributed by atoms with Crippen molar-refractivity contribution in [3.8, 4) is 0 Å². The number of piperazine rings is 1. The van der Waals surface area contributed by atoms with Crippen molar-refractivity contribution >= 4 is 21.6 Å². The van der Waals surface area contributed by atoms with Gasteiger partial charge in [0.25, 0.3) is 0 Å². The quantitative estimate of drug-likeness (QED) is 0.439. The van der Waals surface area contributed by atoms with Crippen LogP contribution in [0.2, 0.25) is 0 Å². The van der Waals surface area contributed by atoms with Crippen LogP contribution >= 0.6 is 0 Å². The second kappa shape index (κ2) is 8.98. The van der Waals surface area contributed by atoms with Crippen molar-refractivity contribution in [3.63, 3.8) is 0 Å². The minimum Gasteiger partial charge on any atom is -0.340 e. The van der Waals surface area contributed by atoms with Gasteiger partial charge in [-0.2, -0.15) is 14.5 Å². The van der Waals surface area contributed by atoms with Gasteiger partial charge in [-0.3, -0.25) is 24.3 Å². The maximum atomic E-state index is 13.0. The zero-order valence-electron chi connectivity index (χ0n) is 19.0. The van der Waals surface area contributed by atoms with Crippen LogP contribution in [0, 0.1) is 36.8 Å². The molecule has 0 aliphatic carbocycles. The van der Waals surface area contributed by atoms with Gasteiger partial charge in [0.15, 0.2) is 0 Å². The highest BCUT2D eigenvalue weighted by molar-refractivity contribution is 7.89. The Morgan fingerprint density at radius 2 is 1.78 bits per heavy atom. The molecule has 1 saturated heterocycles. The number of aromatic nitrogens is 4. The zero-order valence-corrected chi connectivity index (χ0v) is 19.8. The number of aryl methyl sites for hydroxylation is 3. The summed E-state index contributed by atoms with van der Waals surface area (Å²) >= 11 is 0. The molecule has 1 aliphatic rings. The van der Waals surface area contributed by atoms with Crippen molar-refractivity contribution in [2.75, 3.05) is 26.2 Å². The third kappa shape index (κ3) is 4.39. The number of nitro groups is 1. The Labute approximate surface area is 187 Å². The van der Waals surface area contributed by atoms with E-state index < -0.39 is 20.9 Å². The van der Waals surface area contributed by atoms with Gasteiger partial charge in [0, 0.05) is 38.9 Å². The fraction of sp³-hybridized carbons (Fsp3) is 0.632. The monoisotopic (exact) mass is 467 g/mol. The molecule has 0 bridgehead atoms. The summed E-state index contributed by atoms with van der Waals surface area (Å²) in [7, 11) is -3.68. The summed E-state index contributed by atoms with van der Waals surface area (Å²) in [5.74, 6) is -0.590. The van der Waals surface area contributed by atoms with E-state index >= 15 is 0 Å². The van der Waals surface area contributed by atoms with Crippen molar-refractivity contribution in [2.45, 2.75) is 52.6 Å². The van der Waals surface area contributed by atoms with E-state index in [0.29, 0.717) is 23.6 Å². The summed E-state index contributed by atoms with van der Waals surface area (Å²) in [6, 6.07) is 0. The number of hydrogen-bond acceptors (Lipinski definition) is 7. The van der Waals surface area contributed by atoms with Gasteiger partial charge in [0.1, 0.15) is 16.3 Å². The van der Waals surface area contributed by atoms with Gasteiger partial charge in [0.05, 0.1) is 23.1 Å². The first-order valence-electron chi connectivity index (χ1n) is 10.5. The number of carbonyl (C=O) groups excluding carboxylic acids is 1. The van der Waals surface area contributed by atoms with Crippen LogP contribution in [-0.4, -0.2) is 74.2 Å². The number of carbonyl (C=O) groups is 1. The lowest BCUT2D eigenvalue weighted by Crippen LogP contribution is -2.52. The van der Waals surface area contributed by atoms with E-state index in [1.807, 2.05) is 6.92 Å². The molecule has 2 aromatic rings. The Hall–Kier alpha value is -2.80. The molecule has 13 heteroatoms. The summed E-state index contributed by atoms with van der Waals surface area (Å²) in [5.41, 5.74) is 1.14. The SMILES string of the molecule is CCn1cc(S(=O)(=O)N2CCN(C(=O)C(C)Cn3nc(C)c([N+](=O)[O-])c3C)CC2)c(C)n1. The molecule has 1 amide bonds. The molecule has 32 heavy (non-hydrogen) atoms. The molecular weight excluding hydrogens is 438 g/mol. The molecule has 3 rings (SSSR count). The third-order valence-corrected chi connectivity index (χ3v) is 7.79. The van der Waals surface area contributed by atoms with Crippen LogP contribution in [0.5, 0.6) is 0 Å². The Morgan fingerprint density at radius 1 is 1.16 bits per heavy atom.